The molecule has 29 heavy (non-hydrogen) atoms. The van der Waals surface area contributed by atoms with Crippen LogP contribution in [0, 0.1) is 5.92 Å². The number of carboxylic acids is 1. The number of aliphatic hydroxyl groups excluding tert-OH is 1. The molecule has 7 nitrogen and oxygen atoms in total. The number of carboxylic acid groups (broad SMARTS) is 1. The van der Waals surface area contributed by atoms with Crippen LogP contribution in [0.25, 0.3) is 0 Å². The van der Waals surface area contributed by atoms with Gasteiger partial charge >= 0.3 is 12.0 Å². The summed E-state index contributed by atoms with van der Waals surface area (Å²) in [5.41, 5.74) is 3.30. The third-order valence-electron chi connectivity index (χ3n) is 6.65. The zero-order valence-electron chi connectivity index (χ0n) is 17.6. The Kier molecular flexibility index (Phi) is 8.50. The molecular weight excluding hydrogens is 390 g/mol. The van der Waals surface area contributed by atoms with Crippen LogP contribution in [0.3, 0.4) is 0 Å². The van der Waals surface area contributed by atoms with E-state index in [0.717, 1.165) is 44.4 Å². The number of amides is 2. The molecule has 1 aliphatic heterocycles. The smallest absolute Gasteiger partial charge is 0.335 e. The SMILES string of the molecule is CCCN1C(=O)N(NCC(O)C2CCCCC2)C2CC(SCCCC(=O)O)CC21. The van der Waals surface area contributed by atoms with Crippen LogP contribution >= 0.6 is 11.8 Å². The zero-order chi connectivity index (χ0) is 20.8. The molecule has 3 rings (SSSR count). The summed E-state index contributed by atoms with van der Waals surface area (Å²) in [6, 6.07) is 0.412. The van der Waals surface area contributed by atoms with Gasteiger partial charge in [-0.25, -0.2) is 10.2 Å². The van der Waals surface area contributed by atoms with Gasteiger partial charge in [0, 0.05) is 24.8 Å². The van der Waals surface area contributed by atoms with Crippen LogP contribution in [0.4, 0.5) is 4.79 Å². The van der Waals surface area contributed by atoms with Gasteiger partial charge < -0.3 is 15.1 Å². The van der Waals surface area contributed by atoms with E-state index < -0.39 is 12.1 Å². The van der Waals surface area contributed by atoms with E-state index in [0.29, 0.717) is 24.1 Å². The number of hydrazine groups is 1. The first-order valence-electron chi connectivity index (χ1n) is 11.4. The highest BCUT2D eigenvalue weighted by atomic mass is 32.2. The van der Waals surface area contributed by atoms with Crippen LogP contribution < -0.4 is 5.43 Å². The van der Waals surface area contributed by atoms with Crippen molar-refractivity contribution >= 4 is 23.8 Å². The van der Waals surface area contributed by atoms with Gasteiger partial charge in [0.15, 0.2) is 0 Å². The fraction of sp³-hybridized carbons (Fsp3) is 0.905. The Morgan fingerprint density at radius 2 is 1.97 bits per heavy atom. The molecule has 2 amide bonds. The Hall–Kier alpha value is -0.990. The van der Waals surface area contributed by atoms with E-state index in [4.69, 9.17) is 5.11 Å². The van der Waals surface area contributed by atoms with E-state index >= 15 is 0 Å². The first kappa shape index (κ1) is 22.7. The maximum Gasteiger partial charge on any atom is 0.335 e. The van der Waals surface area contributed by atoms with Crippen LogP contribution in [0.2, 0.25) is 0 Å². The third kappa shape index (κ3) is 5.79. The molecule has 0 aromatic heterocycles. The van der Waals surface area contributed by atoms with Crippen molar-refractivity contribution in [2.45, 2.75) is 94.6 Å². The topological polar surface area (TPSA) is 93.1 Å². The van der Waals surface area contributed by atoms with Crippen LogP contribution in [0.1, 0.15) is 71.1 Å². The van der Waals surface area contributed by atoms with Crippen LogP contribution in [0.15, 0.2) is 0 Å². The number of fused-ring (bicyclic) bond motifs is 1. The molecule has 0 spiro atoms. The van der Waals surface area contributed by atoms with Gasteiger partial charge in [0.1, 0.15) is 0 Å². The van der Waals surface area contributed by atoms with Crippen molar-refractivity contribution in [3.05, 3.63) is 0 Å². The molecule has 0 aromatic carbocycles. The minimum absolute atomic E-state index is 0.0482. The second kappa shape index (κ2) is 10.9. The number of carbonyl (C=O) groups excluding carboxylic acids is 1. The average Bonchev–Trinajstić information content (AvgIpc) is 3.22. The second-order valence-corrected chi connectivity index (χ2v) is 10.2. The van der Waals surface area contributed by atoms with Gasteiger partial charge in [0.25, 0.3) is 0 Å². The van der Waals surface area contributed by atoms with Gasteiger partial charge in [-0.05, 0) is 50.2 Å². The number of hydrogen-bond acceptors (Lipinski definition) is 5. The average molecular weight is 428 g/mol. The predicted octanol–water partition coefficient (Wildman–Crippen LogP) is 3.08. The summed E-state index contributed by atoms with van der Waals surface area (Å²) >= 11 is 1.85. The number of carbonyl (C=O) groups is 2. The van der Waals surface area contributed by atoms with Crippen molar-refractivity contribution in [2.24, 2.45) is 5.92 Å². The lowest BCUT2D eigenvalue weighted by molar-refractivity contribution is -0.137. The Balaban J connectivity index is 1.53. The number of aliphatic hydroxyl groups is 1. The van der Waals surface area contributed by atoms with E-state index in [1.807, 2.05) is 16.7 Å². The first-order valence-corrected chi connectivity index (χ1v) is 12.4. The Morgan fingerprint density at radius 3 is 2.66 bits per heavy atom. The highest BCUT2D eigenvalue weighted by Gasteiger charge is 2.51. The molecular formula is C21H37N3O4S. The van der Waals surface area contributed by atoms with Crippen molar-refractivity contribution in [3.63, 3.8) is 0 Å². The second-order valence-electron chi connectivity index (χ2n) is 8.77. The molecule has 4 atom stereocenters. The number of urea groups is 1. The Bertz CT molecular complexity index is 558. The molecule has 8 heteroatoms. The molecule has 3 fully saturated rings. The largest absolute Gasteiger partial charge is 0.481 e. The van der Waals surface area contributed by atoms with Gasteiger partial charge in [0.05, 0.1) is 18.2 Å². The lowest BCUT2D eigenvalue weighted by Gasteiger charge is -2.30. The normalized spacial score (nSPS) is 28.8. The summed E-state index contributed by atoms with van der Waals surface area (Å²) in [6.07, 6.45) is 9.17. The van der Waals surface area contributed by atoms with Gasteiger partial charge in [-0.15, -0.1) is 0 Å². The molecule has 2 saturated carbocycles. The molecule has 1 heterocycles. The Morgan fingerprint density at radius 1 is 1.24 bits per heavy atom. The molecule has 2 aliphatic carbocycles. The van der Waals surface area contributed by atoms with E-state index in [2.05, 4.69) is 12.3 Å². The van der Waals surface area contributed by atoms with E-state index in [1.165, 1.54) is 19.3 Å². The van der Waals surface area contributed by atoms with Gasteiger partial charge in [-0.3, -0.25) is 9.80 Å². The van der Waals surface area contributed by atoms with Gasteiger partial charge in [0.2, 0.25) is 0 Å². The molecule has 0 aromatic rings. The minimum Gasteiger partial charge on any atom is -0.481 e. The van der Waals surface area contributed by atoms with Crippen molar-refractivity contribution in [1.82, 2.24) is 15.3 Å². The molecule has 3 aliphatic rings. The minimum atomic E-state index is -0.736. The highest BCUT2D eigenvalue weighted by molar-refractivity contribution is 7.99. The van der Waals surface area contributed by atoms with Crippen molar-refractivity contribution in [1.29, 1.82) is 0 Å². The van der Waals surface area contributed by atoms with E-state index in [1.54, 1.807) is 5.01 Å². The third-order valence-corrected chi connectivity index (χ3v) is 8.04. The fourth-order valence-corrected chi connectivity index (χ4v) is 6.47. The monoisotopic (exact) mass is 427 g/mol. The Labute approximate surface area is 178 Å². The molecule has 1 saturated heterocycles. The predicted molar refractivity (Wildman–Crippen MR) is 115 cm³/mol. The van der Waals surface area contributed by atoms with Crippen molar-refractivity contribution < 1.29 is 19.8 Å². The lowest BCUT2D eigenvalue weighted by atomic mass is 9.85. The summed E-state index contributed by atoms with van der Waals surface area (Å²) in [7, 11) is 0. The zero-order valence-corrected chi connectivity index (χ0v) is 18.4. The molecule has 166 valence electrons. The summed E-state index contributed by atoms with van der Waals surface area (Å²) in [5, 5.41) is 21.7. The van der Waals surface area contributed by atoms with Crippen molar-refractivity contribution in [2.75, 3.05) is 18.8 Å². The number of hydrogen-bond donors (Lipinski definition) is 3. The number of rotatable bonds is 11. The van der Waals surface area contributed by atoms with Crippen LogP contribution in [-0.4, -0.2) is 74.4 Å². The van der Waals surface area contributed by atoms with Crippen LogP contribution in [0.5, 0.6) is 0 Å². The summed E-state index contributed by atoms with van der Waals surface area (Å²) in [6.45, 7) is 3.30. The lowest BCUT2D eigenvalue weighted by Crippen LogP contribution is -2.49. The quantitative estimate of drug-likeness (QED) is 0.439. The van der Waals surface area contributed by atoms with Crippen molar-refractivity contribution in [3.8, 4) is 0 Å². The maximum atomic E-state index is 13.0. The standard InChI is InChI=1S/C21H37N3O4S/c1-2-10-23-17-12-16(29-11-6-9-20(26)27)13-18(17)24(21(23)28)22-14-19(25)15-7-4-3-5-8-15/h15-19,22,25H,2-14H2,1H3,(H,26,27). The summed E-state index contributed by atoms with van der Waals surface area (Å²) in [5.74, 6) is 0.463. The molecule has 0 bridgehead atoms. The fourth-order valence-electron chi connectivity index (χ4n) is 5.16. The van der Waals surface area contributed by atoms with Gasteiger partial charge in [-0.2, -0.15) is 11.8 Å². The molecule has 4 unspecified atom stereocenters. The summed E-state index contributed by atoms with van der Waals surface area (Å²) in [4.78, 5) is 25.7. The highest BCUT2D eigenvalue weighted by Crippen LogP contribution is 2.40. The molecule has 3 N–H and O–H groups in total. The first-order chi connectivity index (χ1) is 14.0. The number of nitrogens with zero attached hydrogens (tertiary/aromatic N) is 2. The number of thioether (sulfide) groups is 1. The number of aliphatic carboxylic acids is 1. The van der Waals surface area contributed by atoms with Crippen LogP contribution in [-0.2, 0) is 4.79 Å². The molecule has 0 radical (unpaired) electrons. The van der Waals surface area contributed by atoms with Gasteiger partial charge in [-0.1, -0.05) is 26.2 Å². The maximum absolute atomic E-state index is 13.0. The van der Waals surface area contributed by atoms with E-state index in [9.17, 15) is 14.7 Å². The van der Waals surface area contributed by atoms with E-state index in [-0.39, 0.29) is 24.5 Å². The number of nitrogens with one attached hydrogen (secondary N) is 1. The summed E-state index contributed by atoms with van der Waals surface area (Å²) < 4.78 is 0.